The number of carboxylic acid groups (broad SMARTS) is 1. The van der Waals surface area contributed by atoms with Crippen LogP contribution in [0.25, 0.3) is 0 Å². The van der Waals surface area contributed by atoms with Crippen LogP contribution in [0.1, 0.15) is 155 Å². The molecule has 174 valence electrons. The third-order valence-corrected chi connectivity index (χ3v) is 6.03. The van der Waals surface area contributed by atoms with Gasteiger partial charge in [0.25, 0.3) is 0 Å². The van der Waals surface area contributed by atoms with Gasteiger partial charge in [0.2, 0.25) is 0 Å². The molecule has 0 spiro atoms. The van der Waals surface area contributed by atoms with Gasteiger partial charge in [-0.3, -0.25) is 4.79 Å². The van der Waals surface area contributed by atoms with E-state index in [1.165, 1.54) is 89.9 Å². The first-order valence-corrected chi connectivity index (χ1v) is 13.0. The number of rotatable bonds is 24. The topological polar surface area (TPSA) is 37.3 Å². The average Bonchev–Trinajstić information content (AvgIpc) is 2.70. The molecule has 0 bridgehead atoms. The number of carbonyl (C=O) groups is 1. The van der Waals surface area contributed by atoms with Crippen molar-refractivity contribution in [3.8, 4) is 0 Å². The second kappa shape index (κ2) is 23.7. The standard InChI is InChI=1S/C26H51FO2/c1-2-3-4-5-6-7-8-9-10-11-12-13-14-16-19-22-25(27)23-20-17-15-18-21-24-26(28)29/h25H,2-24H2,1H3,(H,28,29). The van der Waals surface area contributed by atoms with Crippen molar-refractivity contribution in [3.05, 3.63) is 0 Å². The van der Waals surface area contributed by atoms with Crippen molar-refractivity contribution >= 4 is 5.97 Å². The Balaban J connectivity index is 3.13. The molecular formula is C26H51FO2. The van der Waals surface area contributed by atoms with Crippen molar-refractivity contribution < 1.29 is 14.3 Å². The van der Waals surface area contributed by atoms with Crippen molar-refractivity contribution in [1.82, 2.24) is 0 Å². The number of hydrogen-bond donors (Lipinski definition) is 1. The fourth-order valence-corrected chi connectivity index (χ4v) is 4.05. The maximum atomic E-state index is 13.9. The third kappa shape index (κ3) is 25.4. The summed E-state index contributed by atoms with van der Waals surface area (Å²) in [6.45, 7) is 2.27. The zero-order valence-corrected chi connectivity index (χ0v) is 19.6. The number of aliphatic carboxylic acids is 1. The number of carboxylic acids is 1. The average molecular weight is 415 g/mol. The van der Waals surface area contributed by atoms with Gasteiger partial charge in [0, 0.05) is 6.42 Å². The first kappa shape index (κ1) is 28.4. The van der Waals surface area contributed by atoms with Crippen molar-refractivity contribution in [2.75, 3.05) is 0 Å². The normalized spacial score (nSPS) is 12.3. The molecule has 2 nitrogen and oxygen atoms in total. The van der Waals surface area contributed by atoms with E-state index in [0.717, 1.165) is 44.9 Å². The van der Waals surface area contributed by atoms with E-state index in [4.69, 9.17) is 5.11 Å². The Kier molecular flexibility index (Phi) is 23.2. The highest BCUT2D eigenvalue weighted by molar-refractivity contribution is 5.66. The van der Waals surface area contributed by atoms with Gasteiger partial charge in [-0.2, -0.15) is 0 Å². The van der Waals surface area contributed by atoms with Crippen molar-refractivity contribution in [2.45, 2.75) is 161 Å². The van der Waals surface area contributed by atoms with E-state index >= 15 is 0 Å². The Labute approximate surface area is 181 Å². The maximum absolute atomic E-state index is 13.9. The van der Waals surface area contributed by atoms with Crippen LogP contribution in [0.5, 0.6) is 0 Å². The highest BCUT2D eigenvalue weighted by atomic mass is 19.1. The summed E-state index contributed by atoms with van der Waals surface area (Å²) in [6.07, 6.45) is 26.1. The Morgan fingerprint density at radius 3 is 1.24 bits per heavy atom. The van der Waals surface area contributed by atoms with Gasteiger partial charge in [0.15, 0.2) is 0 Å². The second-order valence-electron chi connectivity index (χ2n) is 9.04. The van der Waals surface area contributed by atoms with Crippen molar-refractivity contribution in [1.29, 1.82) is 0 Å². The van der Waals surface area contributed by atoms with E-state index in [9.17, 15) is 9.18 Å². The fraction of sp³-hybridized carbons (Fsp3) is 0.962. The summed E-state index contributed by atoms with van der Waals surface area (Å²) in [5.41, 5.74) is 0. The molecule has 0 aliphatic heterocycles. The van der Waals surface area contributed by atoms with Crippen molar-refractivity contribution in [3.63, 3.8) is 0 Å². The summed E-state index contributed by atoms with van der Waals surface area (Å²) in [5.74, 6) is -0.711. The van der Waals surface area contributed by atoms with Gasteiger partial charge in [-0.15, -0.1) is 0 Å². The Morgan fingerprint density at radius 1 is 0.586 bits per heavy atom. The van der Waals surface area contributed by atoms with Crippen LogP contribution in [-0.4, -0.2) is 17.2 Å². The van der Waals surface area contributed by atoms with Gasteiger partial charge in [0.05, 0.1) is 0 Å². The monoisotopic (exact) mass is 414 g/mol. The molecule has 0 fully saturated rings. The molecular weight excluding hydrogens is 363 g/mol. The zero-order valence-electron chi connectivity index (χ0n) is 19.6. The summed E-state index contributed by atoms with van der Waals surface area (Å²) < 4.78 is 13.9. The minimum Gasteiger partial charge on any atom is -0.481 e. The molecule has 3 heteroatoms. The predicted molar refractivity (Wildman–Crippen MR) is 124 cm³/mol. The summed E-state index contributed by atoms with van der Waals surface area (Å²) in [7, 11) is 0. The minimum absolute atomic E-state index is 0.269. The quantitative estimate of drug-likeness (QED) is 0.160. The number of hydrogen-bond acceptors (Lipinski definition) is 1. The minimum atomic E-state index is -0.711. The van der Waals surface area contributed by atoms with Gasteiger partial charge < -0.3 is 5.11 Å². The van der Waals surface area contributed by atoms with E-state index < -0.39 is 12.1 Å². The van der Waals surface area contributed by atoms with Gasteiger partial charge in [-0.05, 0) is 19.3 Å². The van der Waals surface area contributed by atoms with E-state index in [1.54, 1.807) is 0 Å². The van der Waals surface area contributed by atoms with E-state index in [1.807, 2.05) is 0 Å². The Bertz CT molecular complexity index is 333. The lowest BCUT2D eigenvalue weighted by molar-refractivity contribution is -0.137. The first-order chi connectivity index (χ1) is 14.2. The van der Waals surface area contributed by atoms with Crippen LogP contribution in [0.2, 0.25) is 0 Å². The van der Waals surface area contributed by atoms with Crippen LogP contribution < -0.4 is 0 Å². The molecule has 0 saturated carbocycles. The highest BCUT2D eigenvalue weighted by Crippen LogP contribution is 2.17. The van der Waals surface area contributed by atoms with Crippen molar-refractivity contribution in [2.24, 2.45) is 0 Å². The maximum Gasteiger partial charge on any atom is 0.303 e. The van der Waals surface area contributed by atoms with Gasteiger partial charge in [-0.1, -0.05) is 129 Å². The molecule has 0 radical (unpaired) electrons. The molecule has 0 amide bonds. The summed E-state index contributed by atoms with van der Waals surface area (Å²) in [6, 6.07) is 0. The summed E-state index contributed by atoms with van der Waals surface area (Å²) >= 11 is 0. The summed E-state index contributed by atoms with van der Waals surface area (Å²) in [5, 5.41) is 8.57. The molecule has 0 rings (SSSR count). The molecule has 0 aromatic carbocycles. The number of unbranched alkanes of at least 4 members (excludes halogenated alkanes) is 18. The fourth-order valence-electron chi connectivity index (χ4n) is 4.05. The molecule has 0 aromatic rings. The molecule has 1 unspecified atom stereocenters. The van der Waals surface area contributed by atoms with Crippen LogP contribution >= 0.6 is 0 Å². The van der Waals surface area contributed by atoms with E-state index in [2.05, 4.69) is 6.92 Å². The van der Waals surface area contributed by atoms with E-state index in [0.29, 0.717) is 6.42 Å². The molecule has 0 aliphatic carbocycles. The lowest BCUT2D eigenvalue weighted by Gasteiger charge is -2.08. The number of halogens is 1. The highest BCUT2D eigenvalue weighted by Gasteiger charge is 2.06. The third-order valence-electron chi connectivity index (χ3n) is 6.03. The lowest BCUT2D eigenvalue weighted by Crippen LogP contribution is -2.00. The predicted octanol–water partition coefficient (Wildman–Crippen LogP) is 9.40. The van der Waals surface area contributed by atoms with E-state index in [-0.39, 0.29) is 6.42 Å². The lowest BCUT2D eigenvalue weighted by atomic mass is 10.0. The van der Waals surface area contributed by atoms with Gasteiger partial charge >= 0.3 is 5.97 Å². The molecule has 1 atom stereocenters. The van der Waals surface area contributed by atoms with Crippen LogP contribution in [-0.2, 0) is 4.79 Å². The smallest absolute Gasteiger partial charge is 0.303 e. The second-order valence-corrected chi connectivity index (χ2v) is 9.04. The first-order valence-electron chi connectivity index (χ1n) is 13.0. The SMILES string of the molecule is CCCCCCCCCCCCCCCCCC(F)CCCCCCCC(=O)O. The van der Waals surface area contributed by atoms with Gasteiger partial charge in [-0.25, -0.2) is 4.39 Å². The van der Waals surface area contributed by atoms with Crippen LogP contribution in [0.15, 0.2) is 0 Å². The molecule has 29 heavy (non-hydrogen) atoms. The molecule has 1 N–H and O–H groups in total. The van der Waals surface area contributed by atoms with Gasteiger partial charge in [0.1, 0.15) is 6.17 Å². The molecule has 0 aromatic heterocycles. The molecule has 0 saturated heterocycles. The largest absolute Gasteiger partial charge is 0.481 e. The Morgan fingerprint density at radius 2 is 0.897 bits per heavy atom. The Hall–Kier alpha value is -0.600. The van der Waals surface area contributed by atoms with Crippen LogP contribution in [0.3, 0.4) is 0 Å². The van der Waals surface area contributed by atoms with Crippen LogP contribution in [0, 0.1) is 0 Å². The van der Waals surface area contributed by atoms with Crippen LogP contribution in [0.4, 0.5) is 4.39 Å². The zero-order chi connectivity index (χ0) is 21.4. The number of alkyl halides is 1. The molecule has 0 heterocycles. The molecule has 0 aliphatic rings. The summed E-state index contributed by atoms with van der Waals surface area (Å²) in [4.78, 5) is 10.4.